The Labute approximate surface area is 153 Å². The van der Waals surface area contributed by atoms with Crippen LogP contribution in [0, 0.1) is 5.92 Å². The summed E-state index contributed by atoms with van der Waals surface area (Å²) in [4.78, 5) is 23.7. The van der Waals surface area contributed by atoms with Crippen molar-refractivity contribution in [1.82, 2.24) is 5.32 Å². The molecule has 6 nitrogen and oxygen atoms in total. The van der Waals surface area contributed by atoms with E-state index >= 15 is 0 Å². The normalized spacial score (nSPS) is 11.4. The highest BCUT2D eigenvalue weighted by Crippen LogP contribution is 2.27. The minimum absolute atomic E-state index is 0. The van der Waals surface area contributed by atoms with Crippen LogP contribution >= 0.6 is 24.0 Å². The Morgan fingerprint density at radius 2 is 2.00 bits per heavy atom. The Hall–Kier alpha value is -1.50. The second kappa shape index (κ2) is 11.1. The molecule has 0 aliphatic carbocycles. The largest absolute Gasteiger partial charge is 0.495 e. The van der Waals surface area contributed by atoms with Gasteiger partial charge in [-0.05, 0) is 30.5 Å². The number of hydrogen-bond acceptors (Lipinski definition) is 4. The van der Waals surface area contributed by atoms with Gasteiger partial charge in [-0.3, -0.25) is 9.59 Å². The maximum Gasteiger partial charge on any atom is 0.236 e. The first kappa shape index (κ1) is 22.5. The van der Waals surface area contributed by atoms with E-state index in [-0.39, 0.29) is 37.2 Å². The molecule has 0 spiro atoms. The van der Waals surface area contributed by atoms with Gasteiger partial charge in [0, 0.05) is 18.0 Å². The average molecular weight is 378 g/mol. The monoisotopic (exact) mass is 377 g/mol. The molecule has 2 amide bonds. The van der Waals surface area contributed by atoms with Gasteiger partial charge in [0.2, 0.25) is 11.8 Å². The van der Waals surface area contributed by atoms with Crippen LogP contribution in [0.15, 0.2) is 18.2 Å². The van der Waals surface area contributed by atoms with E-state index in [1.165, 1.54) is 7.11 Å². The zero-order chi connectivity index (χ0) is 17.4. The molecular formula is C16H25Cl2N3O3. The first-order valence-corrected chi connectivity index (χ1v) is 7.88. The summed E-state index contributed by atoms with van der Waals surface area (Å²) >= 11 is 5.90. The van der Waals surface area contributed by atoms with Gasteiger partial charge in [-0.1, -0.05) is 25.4 Å². The SMILES string of the molecule is COc1ccc(Cl)cc1NC(=O)CCNC(=O)[C@@H](N)CC(C)C.Cl. The third-order valence-corrected chi connectivity index (χ3v) is 3.38. The lowest BCUT2D eigenvalue weighted by atomic mass is 10.0. The summed E-state index contributed by atoms with van der Waals surface area (Å²) in [6.07, 6.45) is 0.744. The molecule has 1 atom stereocenters. The van der Waals surface area contributed by atoms with Crippen molar-refractivity contribution < 1.29 is 14.3 Å². The molecule has 0 unspecified atom stereocenters. The van der Waals surface area contributed by atoms with Crippen molar-refractivity contribution in [2.24, 2.45) is 11.7 Å². The maximum atomic E-state index is 11.9. The van der Waals surface area contributed by atoms with E-state index < -0.39 is 6.04 Å². The summed E-state index contributed by atoms with van der Waals surface area (Å²) in [5, 5.41) is 5.86. The summed E-state index contributed by atoms with van der Waals surface area (Å²) in [5.41, 5.74) is 6.26. The van der Waals surface area contributed by atoms with Gasteiger partial charge in [0.05, 0.1) is 18.8 Å². The van der Waals surface area contributed by atoms with E-state index in [0.29, 0.717) is 28.8 Å². The molecule has 24 heavy (non-hydrogen) atoms. The molecule has 1 aromatic carbocycles. The van der Waals surface area contributed by atoms with Crippen LogP contribution in [0.1, 0.15) is 26.7 Å². The fraction of sp³-hybridized carbons (Fsp3) is 0.500. The summed E-state index contributed by atoms with van der Waals surface area (Å²) in [6.45, 7) is 4.22. The minimum Gasteiger partial charge on any atom is -0.495 e. The molecule has 0 fully saturated rings. The van der Waals surface area contributed by atoms with Gasteiger partial charge in [0.1, 0.15) is 5.75 Å². The second-order valence-corrected chi connectivity index (χ2v) is 6.11. The number of carbonyl (C=O) groups excluding carboxylic acids is 2. The van der Waals surface area contributed by atoms with Crippen molar-refractivity contribution >= 4 is 41.5 Å². The number of rotatable bonds is 8. The number of methoxy groups -OCH3 is 1. The molecule has 4 N–H and O–H groups in total. The molecule has 1 rings (SSSR count). The van der Waals surface area contributed by atoms with E-state index in [4.69, 9.17) is 22.1 Å². The smallest absolute Gasteiger partial charge is 0.236 e. The number of ether oxygens (including phenoxy) is 1. The highest BCUT2D eigenvalue weighted by atomic mass is 35.5. The lowest BCUT2D eigenvalue weighted by Crippen LogP contribution is -2.42. The number of anilines is 1. The van der Waals surface area contributed by atoms with Crippen molar-refractivity contribution in [2.75, 3.05) is 19.0 Å². The first-order valence-electron chi connectivity index (χ1n) is 7.50. The van der Waals surface area contributed by atoms with Gasteiger partial charge in [-0.2, -0.15) is 0 Å². The van der Waals surface area contributed by atoms with Crippen molar-refractivity contribution in [3.05, 3.63) is 23.2 Å². The van der Waals surface area contributed by atoms with Gasteiger partial charge < -0.3 is 21.1 Å². The zero-order valence-corrected chi connectivity index (χ0v) is 15.7. The molecule has 0 radical (unpaired) electrons. The van der Waals surface area contributed by atoms with Crippen LogP contribution in [-0.4, -0.2) is 31.5 Å². The summed E-state index contributed by atoms with van der Waals surface area (Å²) in [5.74, 6) is 0.371. The van der Waals surface area contributed by atoms with Crippen molar-refractivity contribution in [2.45, 2.75) is 32.7 Å². The molecule has 0 aromatic heterocycles. The molecular weight excluding hydrogens is 353 g/mol. The fourth-order valence-corrected chi connectivity index (χ4v) is 2.21. The van der Waals surface area contributed by atoms with E-state index in [0.717, 1.165) is 0 Å². The van der Waals surface area contributed by atoms with Gasteiger partial charge >= 0.3 is 0 Å². The van der Waals surface area contributed by atoms with E-state index in [1.54, 1.807) is 18.2 Å². The number of halogens is 2. The molecule has 8 heteroatoms. The predicted molar refractivity (Wildman–Crippen MR) is 98.9 cm³/mol. The Bertz CT molecular complexity index is 553. The zero-order valence-electron chi connectivity index (χ0n) is 14.1. The summed E-state index contributed by atoms with van der Waals surface area (Å²) in [6, 6.07) is 4.40. The molecule has 1 aromatic rings. The number of amides is 2. The minimum atomic E-state index is -0.550. The van der Waals surface area contributed by atoms with Crippen molar-refractivity contribution in [3.8, 4) is 5.75 Å². The number of nitrogens with one attached hydrogen (secondary N) is 2. The Balaban J connectivity index is 0.00000529. The maximum absolute atomic E-state index is 11.9. The average Bonchev–Trinajstić information content (AvgIpc) is 2.46. The molecule has 0 bridgehead atoms. The summed E-state index contributed by atoms with van der Waals surface area (Å²) < 4.78 is 5.15. The number of hydrogen-bond donors (Lipinski definition) is 3. The molecule has 0 aliphatic rings. The van der Waals surface area contributed by atoms with Gasteiger partial charge in [-0.15, -0.1) is 12.4 Å². The van der Waals surface area contributed by atoms with Crippen LogP contribution in [0.4, 0.5) is 5.69 Å². The first-order chi connectivity index (χ1) is 10.8. The lowest BCUT2D eigenvalue weighted by molar-refractivity contribution is -0.122. The standard InChI is InChI=1S/C16H24ClN3O3.ClH/c1-10(2)8-12(18)16(22)19-7-6-15(21)20-13-9-11(17)4-5-14(13)23-3;/h4-5,9-10,12H,6-8,18H2,1-3H3,(H,19,22)(H,20,21);1H/t12-;/m0./s1. The van der Waals surface area contributed by atoms with Gasteiger partial charge in [0.15, 0.2) is 0 Å². The van der Waals surface area contributed by atoms with Crippen molar-refractivity contribution in [3.63, 3.8) is 0 Å². The highest BCUT2D eigenvalue weighted by Gasteiger charge is 2.15. The van der Waals surface area contributed by atoms with E-state index in [9.17, 15) is 9.59 Å². The molecule has 0 aliphatic heterocycles. The molecule has 0 saturated heterocycles. The predicted octanol–water partition coefficient (Wildman–Crippen LogP) is 2.59. The van der Waals surface area contributed by atoms with Crippen LogP contribution in [0.25, 0.3) is 0 Å². The van der Waals surface area contributed by atoms with Crippen LogP contribution in [0.3, 0.4) is 0 Å². The molecule has 0 heterocycles. The van der Waals surface area contributed by atoms with Crippen LogP contribution in [0.2, 0.25) is 5.02 Å². The molecule has 0 saturated carbocycles. The quantitative estimate of drug-likeness (QED) is 0.648. The Morgan fingerprint density at radius 3 is 2.58 bits per heavy atom. The van der Waals surface area contributed by atoms with Gasteiger partial charge in [-0.25, -0.2) is 0 Å². The van der Waals surface area contributed by atoms with E-state index in [1.807, 2.05) is 13.8 Å². The lowest BCUT2D eigenvalue weighted by Gasteiger charge is -2.14. The fourth-order valence-electron chi connectivity index (χ4n) is 2.04. The van der Waals surface area contributed by atoms with Gasteiger partial charge in [0.25, 0.3) is 0 Å². The molecule has 136 valence electrons. The second-order valence-electron chi connectivity index (χ2n) is 5.67. The summed E-state index contributed by atoms with van der Waals surface area (Å²) in [7, 11) is 1.51. The number of carbonyl (C=O) groups is 2. The third kappa shape index (κ3) is 7.86. The topological polar surface area (TPSA) is 93.5 Å². The van der Waals surface area contributed by atoms with E-state index in [2.05, 4.69) is 10.6 Å². The number of nitrogens with two attached hydrogens (primary N) is 1. The number of benzene rings is 1. The Kier molecular flexibility index (Phi) is 10.4. The Morgan fingerprint density at radius 1 is 1.33 bits per heavy atom. The van der Waals surface area contributed by atoms with Crippen LogP contribution < -0.4 is 21.1 Å². The third-order valence-electron chi connectivity index (χ3n) is 3.15. The van der Waals surface area contributed by atoms with Crippen LogP contribution in [0.5, 0.6) is 5.75 Å². The van der Waals surface area contributed by atoms with Crippen molar-refractivity contribution in [1.29, 1.82) is 0 Å². The van der Waals surface area contributed by atoms with Crippen LogP contribution in [-0.2, 0) is 9.59 Å². The highest BCUT2D eigenvalue weighted by molar-refractivity contribution is 6.31.